The second-order valence-electron chi connectivity index (χ2n) is 7.46. The normalized spacial score (nSPS) is 17.0. The minimum absolute atomic E-state index is 0.0434. The molecule has 154 valence electrons. The van der Waals surface area contributed by atoms with E-state index in [0.717, 1.165) is 15.4 Å². The number of aryl methyl sites for hydroxylation is 1. The van der Waals surface area contributed by atoms with E-state index >= 15 is 0 Å². The van der Waals surface area contributed by atoms with Gasteiger partial charge in [-0.1, -0.05) is 29.8 Å². The molecule has 1 aliphatic rings. The van der Waals surface area contributed by atoms with Gasteiger partial charge < -0.3 is 10.2 Å². The minimum Gasteiger partial charge on any atom is -0.338 e. The first-order chi connectivity index (χ1) is 13.7. The van der Waals surface area contributed by atoms with Gasteiger partial charge in [-0.25, -0.2) is 12.7 Å². The van der Waals surface area contributed by atoms with Gasteiger partial charge in [-0.3, -0.25) is 9.59 Å². The fourth-order valence-electron chi connectivity index (χ4n) is 3.18. The van der Waals surface area contributed by atoms with Crippen LogP contribution in [0, 0.1) is 12.8 Å². The summed E-state index contributed by atoms with van der Waals surface area (Å²) in [6.45, 7) is 2.86. The molecule has 0 aromatic heterocycles. The number of nitrogens with zero attached hydrogens (tertiary/aromatic N) is 2. The fraction of sp³-hybridized carbons (Fsp3) is 0.333. The van der Waals surface area contributed by atoms with E-state index in [-0.39, 0.29) is 23.1 Å². The van der Waals surface area contributed by atoms with Gasteiger partial charge in [-0.05, 0) is 36.8 Å². The molecule has 0 unspecified atom stereocenters. The van der Waals surface area contributed by atoms with E-state index in [2.05, 4.69) is 5.32 Å². The van der Waals surface area contributed by atoms with Crippen molar-refractivity contribution in [1.82, 2.24) is 9.21 Å². The lowest BCUT2D eigenvalue weighted by atomic mass is 10.1. The summed E-state index contributed by atoms with van der Waals surface area (Å²) in [5, 5.41) is 2.78. The topological polar surface area (TPSA) is 86.8 Å². The Labute approximate surface area is 171 Å². The molecule has 2 aromatic rings. The van der Waals surface area contributed by atoms with Crippen LogP contribution in [0.2, 0.25) is 0 Å². The van der Waals surface area contributed by atoms with E-state index in [4.69, 9.17) is 0 Å². The van der Waals surface area contributed by atoms with Gasteiger partial charge in [0.1, 0.15) is 0 Å². The number of nitrogens with one attached hydrogen (secondary N) is 1. The Morgan fingerprint density at radius 2 is 1.72 bits per heavy atom. The SMILES string of the molecule is Cc1ccc(CN2C[C@H](C(=O)Nc3ccc(S(=O)(=O)N(C)C)cc3)CC2=O)cc1. The van der Waals surface area contributed by atoms with Crippen molar-refractivity contribution in [2.24, 2.45) is 5.92 Å². The second kappa shape index (κ2) is 8.34. The molecule has 29 heavy (non-hydrogen) atoms. The average Bonchev–Trinajstić information content (AvgIpc) is 3.04. The van der Waals surface area contributed by atoms with Crippen LogP contribution in [0.1, 0.15) is 17.5 Å². The number of likely N-dealkylation sites (tertiary alicyclic amines) is 1. The highest BCUT2D eigenvalue weighted by Gasteiger charge is 2.34. The summed E-state index contributed by atoms with van der Waals surface area (Å²) in [4.78, 5) is 26.7. The first-order valence-electron chi connectivity index (χ1n) is 9.33. The molecule has 0 spiro atoms. The van der Waals surface area contributed by atoms with Crippen LogP contribution in [0.5, 0.6) is 0 Å². The first-order valence-corrected chi connectivity index (χ1v) is 10.8. The predicted molar refractivity (Wildman–Crippen MR) is 111 cm³/mol. The Balaban J connectivity index is 1.61. The van der Waals surface area contributed by atoms with Crippen molar-refractivity contribution < 1.29 is 18.0 Å². The summed E-state index contributed by atoms with van der Waals surface area (Å²) in [5.74, 6) is -0.718. The monoisotopic (exact) mass is 415 g/mol. The number of hydrogen-bond acceptors (Lipinski definition) is 4. The van der Waals surface area contributed by atoms with E-state index in [1.54, 1.807) is 17.0 Å². The molecule has 8 heteroatoms. The molecular weight excluding hydrogens is 390 g/mol. The molecule has 1 fully saturated rings. The third-order valence-corrected chi connectivity index (χ3v) is 6.81. The van der Waals surface area contributed by atoms with Gasteiger partial charge in [0.15, 0.2) is 0 Å². The van der Waals surface area contributed by atoms with Gasteiger partial charge in [-0.15, -0.1) is 0 Å². The molecule has 2 aromatic carbocycles. The molecule has 1 atom stereocenters. The number of rotatable bonds is 6. The molecular formula is C21H25N3O4S. The third kappa shape index (κ3) is 4.83. The van der Waals surface area contributed by atoms with Gasteiger partial charge in [0.05, 0.1) is 10.8 Å². The maximum absolute atomic E-state index is 12.6. The molecule has 1 heterocycles. The van der Waals surface area contributed by atoms with E-state index in [0.29, 0.717) is 18.8 Å². The lowest BCUT2D eigenvalue weighted by Crippen LogP contribution is -2.28. The molecule has 0 saturated carbocycles. The summed E-state index contributed by atoms with van der Waals surface area (Å²) < 4.78 is 25.4. The number of carbonyl (C=O) groups is 2. The van der Waals surface area contributed by atoms with Gasteiger partial charge in [0.25, 0.3) is 0 Å². The van der Waals surface area contributed by atoms with Gasteiger partial charge >= 0.3 is 0 Å². The molecule has 1 saturated heterocycles. The van der Waals surface area contributed by atoms with Crippen LogP contribution >= 0.6 is 0 Å². The highest BCUT2D eigenvalue weighted by atomic mass is 32.2. The summed E-state index contributed by atoms with van der Waals surface area (Å²) in [7, 11) is -0.590. The second-order valence-corrected chi connectivity index (χ2v) is 9.61. The Morgan fingerprint density at radius 3 is 2.31 bits per heavy atom. The maximum atomic E-state index is 12.6. The van der Waals surface area contributed by atoms with E-state index < -0.39 is 15.9 Å². The number of anilines is 1. The Hall–Kier alpha value is -2.71. The van der Waals surface area contributed by atoms with E-state index in [1.165, 1.54) is 26.2 Å². The highest BCUT2D eigenvalue weighted by Crippen LogP contribution is 2.23. The predicted octanol–water partition coefficient (Wildman–Crippen LogP) is 2.23. The third-order valence-electron chi connectivity index (χ3n) is 4.98. The maximum Gasteiger partial charge on any atom is 0.242 e. The molecule has 7 nitrogen and oxygen atoms in total. The Morgan fingerprint density at radius 1 is 1.10 bits per heavy atom. The zero-order valence-corrected chi connectivity index (χ0v) is 17.6. The standard InChI is InChI=1S/C21H25N3O4S/c1-15-4-6-16(7-5-15)13-24-14-17(12-20(24)25)21(26)22-18-8-10-19(11-9-18)29(27,28)23(2)3/h4-11,17H,12-14H2,1-3H3,(H,22,26)/t17-/m1/s1. The van der Waals surface area contributed by atoms with E-state index in [9.17, 15) is 18.0 Å². The quantitative estimate of drug-likeness (QED) is 0.784. The van der Waals surface area contributed by atoms with Crippen molar-refractivity contribution in [3.05, 3.63) is 59.7 Å². The zero-order chi connectivity index (χ0) is 21.2. The van der Waals surface area contributed by atoms with Crippen molar-refractivity contribution in [2.75, 3.05) is 26.0 Å². The van der Waals surface area contributed by atoms with Crippen molar-refractivity contribution in [2.45, 2.75) is 24.8 Å². The molecule has 3 rings (SSSR count). The smallest absolute Gasteiger partial charge is 0.242 e. The summed E-state index contributed by atoms with van der Waals surface area (Å²) >= 11 is 0. The summed E-state index contributed by atoms with van der Waals surface area (Å²) in [5.41, 5.74) is 2.68. The van der Waals surface area contributed by atoms with Crippen molar-refractivity contribution in [1.29, 1.82) is 0 Å². The Kier molecular flexibility index (Phi) is 6.04. The number of sulfonamides is 1. The van der Waals surface area contributed by atoms with Crippen LogP contribution < -0.4 is 5.32 Å². The van der Waals surface area contributed by atoms with E-state index in [1.807, 2.05) is 31.2 Å². The largest absolute Gasteiger partial charge is 0.338 e. The minimum atomic E-state index is -3.52. The molecule has 0 radical (unpaired) electrons. The number of amides is 2. The molecule has 1 aliphatic heterocycles. The number of benzene rings is 2. The summed E-state index contributed by atoms with van der Waals surface area (Å²) in [6.07, 6.45) is 0.171. The molecule has 1 N–H and O–H groups in total. The van der Waals surface area contributed by atoms with Crippen LogP contribution in [0.4, 0.5) is 5.69 Å². The Bertz CT molecular complexity index is 999. The highest BCUT2D eigenvalue weighted by molar-refractivity contribution is 7.89. The number of carbonyl (C=O) groups excluding carboxylic acids is 2. The first kappa shape index (κ1) is 21.0. The van der Waals surface area contributed by atoms with Crippen LogP contribution in [-0.4, -0.2) is 50.1 Å². The van der Waals surface area contributed by atoms with Crippen LogP contribution in [0.25, 0.3) is 0 Å². The molecule has 2 amide bonds. The molecule has 0 aliphatic carbocycles. The number of hydrogen-bond donors (Lipinski definition) is 1. The average molecular weight is 416 g/mol. The fourth-order valence-corrected chi connectivity index (χ4v) is 4.08. The van der Waals surface area contributed by atoms with Crippen LogP contribution in [0.3, 0.4) is 0 Å². The van der Waals surface area contributed by atoms with Crippen LogP contribution in [-0.2, 0) is 26.2 Å². The van der Waals surface area contributed by atoms with Crippen molar-refractivity contribution in [3.8, 4) is 0 Å². The zero-order valence-electron chi connectivity index (χ0n) is 16.8. The van der Waals surface area contributed by atoms with Crippen molar-refractivity contribution in [3.63, 3.8) is 0 Å². The van der Waals surface area contributed by atoms with Gasteiger partial charge in [0.2, 0.25) is 21.8 Å². The summed E-state index contributed by atoms with van der Waals surface area (Å²) in [6, 6.07) is 14.0. The lowest BCUT2D eigenvalue weighted by molar-refractivity contribution is -0.128. The van der Waals surface area contributed by atoms with Crippen molar-refractivity contribution >= 4 is 27.5 Å². The molecule has 0 bridgehead atoms. The van der Waals surface area contributed by atoms with Gasteiger partial charge in [0, 0.05) is 39.3 Å². The van der Waals surface area contributed by atoms with Gasteiger partial charge in [-0.2, -0.15) is 0 Å². The van der Waals surface area contributed by atoms with Crippen LogP contribution in [0.15, 0.2) is 53.4 Å². The lowest BCUT2D eigenvalue weighted by Gasteiger charge is -2.17.